The summed E-state index contributed by atoms with van der Waals surface area (Å²) >= 11 is 0. The first-order chi connectivity index (χ1) is 12.2. The van der Waals surface area contributed by atoms with Gasteiger partial charge in [0, 0.05) is 0 Å². The van der Waals surface area contributed by atoms with Gasteiger partial charge in [0.1, 0.15) is 5.54 Å². The number of hydrogen-bond donors (Lipinski definition) is 2. The lowest BCUT2D eigenvalue weighted by Crippen LogP contribution is -2.52. The molecule has 3 rings (SSSR count). The van der Waals surface area contributed by atoms with E-state index in [1.165, 1.54) is 18.2 Å². The fourth-order valence-corrected chi connectivity index (χ4v) is 3.05. The van der Waals surface area contributed by atoms with Crippen molar-refractivity contribution < 1.29 is 27.9 Å². The lowest BCUT2D eigenvalue weighted by Gasteiger charge is -2.24. The largest absolute Gasteiger partial charge is 0.480 e. The minimum absolute atomic E-state index is 0.255. The average Bonchev–Trinajstić information content (AvgIpc) is 3.24. The number of nitrogens with one attached hydrogen (secondary N) is 1. The summed E-state index contributed by atoms with van der Waals surface area (Å²) in [6, 6.07) is 4.75. The molecule has 0 aliphatic heterocycles. The normalized spacial score (nSPS) is 16.4. The molecule has 10 heteroatoms. The maximum atomic E-state index is 13.1. The number of carbonyl (C=O) groups excluding carboxylic acids is 1. The van der Waals surface area contributed by atoms with Crippen molar-refractivity contribution in [2.75, 3.05) is 0 Å². The van der Waals surface area contributed by atoms with Crippen LogP contribution in [0, 0.1) is 0 Å². The molecule has 0 radical (unpaired) electrons. The molecule has 0 bridgehead atoms. The van der Waals surface area contributed by atoms with Gasteiger partial charge in [-0.2, -0.15) is 13.2 Å². The second-order valence-electron chi connectivity index (χ2n) is 6.11. The fraction of sp³-hybridized carbons (Fsp3) is 0.375. The van der Waals surface area contributed by atoms with Crippen LogP contribution in [-0.4, -0.2) is 37.5 Å². The van der Waals surface area contributed by atoms with Crippen LogP contribution >= 0.6 is 0 Å². The Morgan fingerprint density at radius 3 is 2.46 bits per heavy atom. The van der Waals surface area contributed by atoms with Gasteiger partial charge in [0.25, 0.3) is 5.91 Å². The van der Waals surface area contributed by atoms with Crippen LogP contribution in [0.1, 0.15) is 41.7 Å². The predicted octanol–water partition coefficient (Wildman–Crippen LogP) is 2.41. The minimum atomic E-state index is -4.60. The number of amides is 1. The molecule has 1 aromatic heterocycles. The molecule has 7 nitrogen and oxygen atoms in total. The standard InChI is InChI=1S/C16H15F3N4O3/c17-16(18,19)10-5-1-2-6-12(10)23-9-11(21-22-23)13(24)20-15(14(25)26)7-3-4-8-15/h1-2,5-6,9H,3-4,7-8H2,(H,20,24)(H,25,26). The van der Waals surface area contributed by atoms with Crippen LogP contribution in [0.5, 0.6) is 0 Å². The number of halogens is 3. The SMILES string of the molecule is O=C(NC1(C(=O)O)CCCC1)c1cn(-c2ccccc2C(F)(F)F)nn1. The number of aliphatic carboxylic acids is 1. The van der Waals surface area contributed by atoms with Crippen molar-refractivity contribution in [2.24, 2.45) is 0 Å². The van der Waals surface area contributed by atoms with Gasteiger partial charge in [0.15, 0.2) is 5.69 Å². The van der Waals surface area contributed by atoms with Crippen LogP contribution < -0.4 is 5.32 Å². The van der Waals surface area contributed by atoms with Gasteiger partial charge < -0.3 is 10.4 Å². The van der Waals surface area contributed by atoms with Crippen LogP contribution in [0.4, 0.5) is 13.2 Å². The molecule has 1 saturated carbocycles. The summed E-state index contributed by atoms with van der Waals surface area (Å²) in [6.07, 6.45) is -1.64. The maximum Gasteiger partial charge on any atom is 0.418 e. The molecular weight excluding hydrogens is 353 g/mol. The van der Waals surface area contributed by atoms with Gasteiger partial charge in [-0.15, -0.1) is 5.10 Å². The van der Waals surface area contributed by atoms with Crippen LogP contribution in [0.3, 0.4) is 0 Å². The molecule has 0 atom stereocenters. The zero-order valence-electron chi connectivity index (χ0n) is 13.5. The first-order valence-corrected chi connectivity index (χ1v) is 7.88. The van der Waals surface area contributed by atoms with Gasteiger partial charge in [-0.25, -0.2) is 9.48 Å². The molecular formula is C16H15F3N4O3. The molecule has 2 N–H and O–H groups in total. The average molecular weight is 368 g/mol. The molecule has 1 aliphatic carbocycles. The minimum Gasteiger partial charge on any atom is -0.480 e. The van der Waals surface area contributed by atoms with Gasteiger partial charge in [-0.3, -0.25) is 4.79 Å². The molecule has 0 spiro atoms. The van der Waals surface area contributed by atoms with Crippen molar-refractivity contribution in [3.63, 3.8) is 0 Å². The van der Waals surface area contributed by atoms with Crippen molar-refractivity contribution >= 4 is 11.9 Å². The number of para-hydroxylation sites is 1. The number of carboxylic acids is 1. The summed E-state index contributed by atoms with van der Waals surface area (Å²) in [6.45, 7) is 0. The topological polar surface area (TPSA) is 97.1 Å². The second kappa shape index (κ2) is 6.43. The molecule has 1 heterocycles. The second-order valence-corrected chi connectivity index (χ2v) is 6.11. The van der Waals surface area contributed by atoms with E-state index in [2.05, 4.69) is 15.6 Å². The number of hydrogen-bond acceptors (Lipinski definition) is 4. The van der Waals surface area contributed by atoms with E-state index in [0.29, 0.717) is 25.7 Å². The van der Waals surface area contributed by atoms with Crippen LogP contribution in [0.15, 0.2) is 30.5 Å². The first kappa shape index (κ1) is 17.9. The third kappa shape index (κ3) is 3.26. The molecule has 1 aromatic carbocycles. The van der Waals surface area contributed by atoms with E-state index in [1.807, 2.05) is 0 Å². The Morgan fingerprint density at radius 2 is 1.85 bits per heavy atom. The lowest BCUT2D eigenvalue weighted by atomic mass is 9.98. The van der Waals surface area contributed by atoms with E-state index in [0.717, 1.165) is 16.9 Å². The summed E-state index contributed by atoms with van der Waals surface area (Å²) in [5.41, 5.74) is -2.82. The summed E-state index contributed by atoms with van der Waals surface area (Å²) < 4.78 is 40.2. The molecule has 26 heavy (non-hydrogen) atoms. The Morgan fingerprint density at radius 1 is 1.19 bits per heavy atom. The summed E-state index contributed by atoms with van der Waals surface area (Å²) in [7, 11) is 0. The Hall–Kier alpha value is -2.91. The lowest BCUT2D eigenvalue weighted by molar-refractivity contribution is -0.144. The van der Waals surface area contributed by atoms with Crippen molar-refractivity contribution in [3.05, 3.63) is 41.7 Å². The molecule has 1 fully saturated rings. The van der Waals surface area contributed by atoms with Gasteiger partial charge in [-0.1, -0.05) is 30.2 Å². The Labute approximate surface area is 145 Å². The van der Waals surface area contributed by atoms with Gasteiger partial charge >= 0.3 is 12.1 Å². The van der Waals surface area contributed by atoms with Crippen molar-refractivity contribution in [3.8, 4) is 5.69 Å². The van der Waals surface area contributed by atoms with Gasteiger partial charge in [0.2, 0.25) is 0 Å². The molecule has 2 aromatic rings. The molecule has 0 saturated heterocycles. The summed E-state index contributed by atoms with van der Waals surface area (Å²) in [4.78, 5) is 23.8. The van der Waals surface area contributed by atoms with E-state index in [4.69, 9.17) is 0 Å². The zero-order chi connectivity index (χ0) is 18.9. The smallest absolute Gasteiger partial charge is 0.418 e. The summed E-state index contributed by atoms with van der Waals surface area (Å²) in [5.74, 6) is -1.93. The quantitative estimate of drug-likeness (QED) is 0.864. The van der Waals surface area contributed by atoms with E-state index in [-0.39, 0.29) is 11.4 Å². The highest BCUT2D eigenvalue weighted by molar-refractivity contribution is 5.96. The molecule has 1 aliphatic rings. The molecule has 138 valence electrons. The van der Waals surface area contributed by atoms with E-state index in [1.54, 1.807) is 0 Å². The van der Waals surface area contributed by atoms with Crippen molar-refractivity contribution in [2.45, 2.75) is 37.4 Å². The van der Waals surface area contributed by atoms with Crippen LogP contribution in [0.2, 0.25) is 0 Å². The van der Waals surface area contributed by atoms with E-state index < -0.39 is 29.2 Å². The third-order valence-electron chi connectivity index (χ3n) is 4.40. The number of benzene rings is 1. The number of nitrogens with zero attached hydrogens (tertiary/aromatic N) is 3. The Balaban J connectivity index is 1.87. The maximum absolute atomic E-state index is 13.1. The number of aromatic nitrogens is 3. The highest BCUT2D eigenvalue weighted by atomic mass is 19.4. The monoisotopic (exact) mass is 368 g/mol. The molecule has 1 amide bonds. The number of alkyl halides is 3. The van der Waals surface area contributed by atoms with E-state index >= 15 is 0 Å². The van der Waals surface area contributed by atoms with Gasteiger partial charge in [0.05, 0.1) is 17.4 Å². The zero-order valence-corrected chi connectivity index (χ0v) is 13.5. The predicted molar refractivity (Wildman–Crippen MR) is 82.7 cm³/mol. The van der Waals surface area contributed by atoms with Crippen LogP contribution in [0.25, 0.3) is 5.69 Å². The van der Waals surface area contributed by atoms with E-state index in [9.17, 15) is 27.9 Å². The number of carboxylic acid groups (broad SMARTS) is 1. The summed E-state index contributed by atoms with van der Waals surface area (Å²) in [5, 5.41) is 19.0. The first-order valence-electron chi connectivity index (χ1n) is 7.88. The Kier molecular flexibility index (Phi) is 4.43. The fourth-order valence-electron chi connectivity index (χ4n) is 3.05. The van der Waals surface area contributed by atoms with Gasteiger partial charge in [-0.05, 0) is 25.0 Å². The Bertz CT molecular complexity index is 841. The highest BCUT2D eigenvalue weighted by Crippen LogP contribution is 2.33. The van der Waals surface area contributed by atoms with Crippen molar-refractivity contribution in [1.29, 1.82) is 0 Å². The number of rotatable bonds is 4. The number of carbonyl (C=O) groups is 2. The van der Waals surface area contributed by atoms with Crippen molar-refractivity contribution in [1.82, 2.24) is 20.3 Å². The van der Waals surface area contributed by atoms with Crippen LogP contribution in [-0.2, 0) is 11.0 Å². The molecule has 0 unspecified atom stereocenters. The highest BCUT2D eigenvalue weighted by Gasteiger charge is 2.43. The third-order valence-corrected chi connectivity index (χ3v) is 4.40.